The molecule has 2 N–H and O–H groups in total. The predicted molar refractivity (Wildman–Crippen MR) is 112 cm³/mol. The number of nitrogens with zero attached hydrogens (tertiary/aromatic N) is 1. The molecule has 5 nitrogen and oxygen atoms in total. The normalized spacial score (nSPS) is 16.2. The quantitative estimate of drug-likeness (QED) is 0.733. The van der Waals surface area contributed by atoms with Crippen LogP contribution in [0.2, 0.25) is 5.02 Å². The molecule has 29 heavy (non-hydrogen) atoms. The minimum atomic E-state index is -0.685. The second-order valence-corrected chi connectivity index (χ2v) is 7.82. The van der Waals surface area contributed by atoms with Crippen molar-refractivity contribution in [2.24, 2.45) is 0 Å². The van der Waals surface area contributed by atoms with Gasteiger partial charge < -0.3 is 10.6 Å². The Morgan fingerprint density at radius 1 is 1.34 bits per heavy atom. The highest BCUT2D eigenvalue weighted by Gasteiger charge is 2.31. The third-order valence-electron chi connectivity index (χ3n) is 4.53. The average Bonchev–Trinajstić information content (AvgIpc) is 2.70. The van der Waals surface area contributed by atoms with Crippen molar-refractivity contribution in [3.63, 3.8) is 0 Å². The second-order valence-electron chi connectivity index (χ2n) is 6.43. The van der Waals surface area contributed by atoms with Crippen LogP contribution in [0.5, 0.6) is 0 Å². The topological polar surface area (TPSA) is 82.0 Å². The van der Waals surface area contributed by atoms with Crippen LogP contribution in [-0.4, -0.2) is 17.6 Å². The Kier molecular flexibility index (Phi) is 6.57. The van der Waals surface area contributed by atoms with E-state index in [-0.39, 0.29) is 40.2 Å². The first kappa shape index (κ1) is 20.9. The lowest BCUT2D eigenvalue weighted by Crippen LogP contribution is -2.31. The summed E-state index contributed by atoms with van der Waals surface area (Å²) in [7, 11) is 0. The highest BCUT2D eigenvalue weighted by molar-refractivity contribution is 8.03. The van der Waals surface area contributed by atoms with Crippen LogP contribution < -0.4 is 10.6 Å². The number of amides is 2. The summed E-state index contributed by atoms with van der Waals surface area (Å²) in [6.45, 7) is 1.79. The molecule has 2 aromatic rings. The molecule has 3 rings (SSSR count). The number of anilines is 1. The van der Waals surface area contributed by atoms with E-state index in [2.05, 4.69) is 16.7 Å². The SMILES string of the molecule is Cc1c(Cl)cccc1NC(=O)CSC1=C(C#N)C(c2ccccc2F)CC(=O)N1. The highest BCUT2D eigenvalue weighted by atomic mass is 35.5. The lowest BCUT2D eigenvalue weighted by molar-refractivity contribution is -0.121. The summed E-state index contributed by atoms with van der Waals surface area (Å²) in [6, 6.07) is 13.3. The molecule has 2 amide bonds. The predicted octanol–water partition coefficient (Wildman–Crippen LogP) is 4.50. The molecule has 0 bridgehead atoms. The summed E-state index contributed by atoms with van der Waals surface area (Å²) < 4.78 is 14.2. The van der Waals surface area contributed by atoms with Gasteiger partial charge in [-0.25, -0.2) is 4.39 Å². The van der Waals surface area contributed by atoms with Gasteiger partial charge in [0.2, 0.25) is 11.8 Å². The average molecular weight is 430 g/mol. The van der Waals surface area contributed by atoms with Crippen molar-refractivity contribution in [3.8, 4) is 6.07 Å². The minimum absolute atomic E-state index is 0.0260. The molecule has 1 aliphatic rings. The van der Waals surface area contributed by atoms with E-state index in [0.717, 1.165) is 17.3 Å². The smallest absolute Gasteiger partial charge is 0.234 e. The van der Waals surface area contributed by atoms with E-state index in [0.29, 0.717) is 10.7 Å². The molecule has 1 heterocycles. The fourth-order valence-electron chi connectivity index (χ4n) is 3.02. The van der Waals surface area contributed by atoms with E-state index in [1.54, 1.807) is 43.3 Å². The Hall–Kier alpha value is -2.82. The fourth-order valence-corrected chi connectivity index (χ4v) is 4.07. The molecule has 0 radical (unpaired) electrons. The monoisotopic (exact) mass is 429 g/mol. The summed E-state index contributed by atoms with van der Waals surface area (Å²) in [5, 5.41) is 15.8. The van der Waals surface area contributed by atoms with Gasteiger partial charge in [0, 0.05) is 23.0 Å². The van der Waals surface area contributed by atoms with Gasteiger partial charge in [-0.05, 0) is 36.2 Å². The molecule has 1 aliphatic heterocycles. The molecule has 0 spiro atoms. The van der Waals surface area contributed by atoms with Gasteiger partial charge in [-0.3, -0.25) is 9.59 Å². The van der Waals surface area contributed by atoms with Crippen LogP contribution in [0, 0.1) is 24.1 Å². The summed E-state index contributed by atoms with van der Waals surface area (Å²) in [5.74, 6) is -1.83. The number of rotatable bonds is 5. The zero-order valence-corrected chi connectivity index (χ0v) is 17.0. The Bertz CT molecular complexity index is 1050. The molecule has 148 valence electrons. The number of nitrogens with one attached hydrogen (secondary N) is 2. The zero-order valence-electron chi connectivity index (χ0n) is 15.5. The maximum absolute atomic E-state index is 14.2. The Balaban J connectivity index is 1.78. The van der Waals surface area contributed by atoms with Gasteiger partial charge in [-0.1, -0.05) is 47.6 Å². The summed E-state index contributed by atoms with van der Waals surface area (Å²) in [5.41, 5.74) is 1.87. The molecule has 0 fully saturated rings. The van der Waals surface area contributed by atoms with Crippen LogP contribution in [0.4, 0.5) is 10.1 Å². The second kappa shape index (κ2) is 9.12. The van der Waals surface area contributed by atoms with Crippen molar-refractivity contribution in [1.82, 2.24) is 5.32 Å². The highest BCUT2D eigenvalue weighted by Crippen LogP contribution is 2.37. The van der Waals surface area contributed by atoms with Crippen molar-refractivity contribution in [2.75, 3.05) is 11.1 Å². The summed E-state index contributed by atoms with van der Waals surface area (Å²) in [4.78, 5) is 24.5. The van der Waals surface area contributed by atoms with Crippen molar-refractivity contribution in [2.45, 2.75) is 19.3 Å². The van der Waals surface area contributed by atoms with Gasteiger partial charge in [0.25, 0.3) is 0 Å². The summed E-state index contributed by atoms with van der Waals surface area (Å²) >= 11 is 7.09. The van der Waals surface area contributed by atoms with Gasteiger partial charge in [0.15, 0.2) is 0 Å². The van der Waals surface area contributed by atoms with Gasteiger partial charge in [-0.15, -0.1) is 0 Å². The van der Waals surface area contributed by atoms with Crippen molar-refractivity contribution in [3.05, 3.63) is 75.0 Å². The number of halogens is 2. The van der Waals surface area contributed by atoms with Crippen LogP contribution >= 0.6 is 23.4 Å². The number of thioether (sulfide) groups is 1. The molecule has 8 heteroatoms. The number of hydrogen-bond acceptors (Lipinski definition) is 4. The largest absolute Gasteiger partial charge is 0.325 e. The van der Waals surface area contributed by atoms with E-state index in [9.17, 15) is 19.2 Å². The zero-order chi connectivity index (χ0) is 21.0. The van der Waals surface area contributed by atoms with Crippen LogP contribution in [0.3, 0.4) is 0 Å². The minimum Gasteiger partial charge on any atom is -0.325 e. The van der Waals surface area contributed by atoms with Crippen molar-refractivity contribution in [1.29, 1.82) is 5.26 Å². The first-order valence-electron chi connectivity index (χ1n) is 8.77. The molecule has 0 saturated carbocycles. The molecule has 0 saturated heterocycles. The van der Waals surface area contributed by atoms with E-state index < -0.39 is 11.7 Å². The van der Waals surface area contributed by atoms with Crippen LogP contribution in [-0.2, 0) is 9.59 Å². The molecule has 1 unspecified atom stereocenters. The van der Waals surface area contributed by atoms with Gasteiger partial charge >= 0.3 is 0 Å². The van der Waals surface area contributed by atoms with Crippen molar-refractivity contribution >= 4 is 40.9 Å². The van der Waals surface area contributed by atoms with E-state index in [1.807, 2.05) is 0 Å². The van der Waals surface area contributed by atoms with Crippen LogP contribution in [0.1, 0.15) is 23.5 Å². The Morgan fingerprint density at radius 3 is 2.83 bits per heavy atom. The van der Waals surface area contributed by atoms with Gasteiger partial charge in [0.05, 0.1) is 22.4 Å². The van der Waals surface area contributed by atoms with Gasteiger partial charge in [-0.2, -0.15) is 5.26 Å². The number of carbonyl (C=O) groups excluding carboxylic acids is 2. The number of hydrogen-bond donors (Lipinski definition) is 2. The molecule has 2 aromatic carbocycles. The van der Waals surface area contributed by atoms with E-state index in [1.165, 1.54) is 6.07 Å². The third-order valence-corrected chi connectivity index (χ3v) is 5.95. The number of carbonyl (C=O) groups is 2. The van der Waals surface area contributed by atoms with Gasteiger partial charge in [0.1, 0.15) is 5.82 Å². The maximum Gasteiger partial charge on any atom is 0.234 e. The molecule has 0 aromatic heterocycles. The standard InChI is InChI=1S/C21H17ClFN3O2S/c1-12-16(22)6-4-8-18(12)25-20(28)11-29-21-15(10-24)14(9-19(27)26-21)13-5-2-3-7-17(13)23/h2-8,14H,9,11H2,1H3,(H,25,28)(H,26,27). The van der Waals surface area contributed by atoms with E-state index in [4.69, 9.17) is 11.6 Å². The Labute approximate surface area is 176 Å². The van der Waals surface area contributed by atoms with E-state index >= 15 is 0 Å². The van der Waals surface area contributed by atoms with Crippen molar-refractivity contribution < 1.29 is 14.0 Å². The first-order chi connectivity index (χ1) is 13.9. The molecular weight excluding hydrogens is 413 g/mol. The first-order valence-corrected chi connectivity index (χ1v) is 10.1. The molecule has 1 atom stereocenters. The van der Waals surface area contributed by atoms with Crippen LogP contribution in [0.15, 0.2) is 53.1 Å². The number of benzene rings is 2. The maximum atomic E-state index is 14.2. The number of allylic oxidation sites excluding steroid dienone is 1. The lowest BCUT2D eigenvalue weighted by atomic mass is 9.87. The summed E-state index contributed by atoms with van der Waals surface area (Å²) in [6.07, 6.45) is -0.0260. The number of nitriles is 1. The lowest BCUT2D eigenvalue weighted by Gasteiger charge is -2.25. The third kappa shape index (κ3) is 4.78. The van der Waals surface area contributed by atoms with Crippen LogP contribution in [0.25, 0.3) is 0 Å². The molecular formula is C21H17ClFN3O2S. The fraction of sp³-hybridized carbons (Fsp3) is 0.190. The molecule has 0 aliphatic carbocycles. The Morgan fingerprint density at radius 2 is 2.10 bits per heavy atom.